The number of aryl methyl sites for hydroxylation is 1. The summed E-state index contributed by atoms with van der Waals surface area (Å²) in [6.07, 6.45) is 3.25. The van der Waals surface area contributed by atoms with Gasteiger partial charge in [0.15, 0.2) is 0 Å². The van der Waals surface area contributed by atoms with Crippen LogP contribution in [0.15, 0.2) is 60.7 Å². The molecule has 0 bridgehead atoms. The van der Waals surface area contributed by atoms with Gasteiger partial charge in [-0.3, -0.25) is 14.5 Å². The molecule has 0 aromatic heterocycles. The lowest BCUT2D eigenvalue weighted by Gasteiger charge is -2.29. The van der Waals surface area contributed by atoms with Crippen molar-refractivity contribution < 1.29 is 28.9 Å². The van der Waals surface area contributed by atoms with E-state index in [1.807, 2.05) is 38.1 Å². The standard InChI is InChI=1S/C31H38N2O6/c1-4-17-38-25-10-7-23(8-11-25)28-27(29(34)24-9-12-26(22(3)21-24)39-18-5-2)30(35)31(36)33(28)14-6-13-32-15-19-37-20-16-32/h5,7-12,21,28,34H,2,4,6,13-20H2,1,3H3/b29-27+. The molecule has 2 aliphatic heterocycles. The van der Waals surface area contributed by atoms with Crippen molar-refractivity contribution in [1.82, 2.24) is 9.80 Å². The smallest absolute Gasteiger partial charge is 0.295 e. The number of hydrogen-bond acceptors (Lipinski definition) is 7. The summed E-state index contributed by atoms with van der Waals surface area (Å²) >= 11 is 0. The molecular weight excluding hydrogens is 496 g/mol. The second kappa shape index (κ2) is 13.4. The van der Waals surface area contributed by atoms with Crippen molar-refractivity contribution in [1.29, 1.82) is 0 Å². The van der Waals surface area contributed by atoms with Crippen molar-refractivity contribution >= 4 is 17.4 Å². The van der Waals surface area contributed by atoms with E-state index in [9.17, 15) is 14.7 Å². The van der Waals surface area contributed by atoms with Crippen LogP contribution in [-0.2, 0) is 14.3 Å². The van der Waals surface area contributed by atoms with Crippen molar-refractivity contribution in [3.63, 3.8) is 0 Å². The fourth-order valence-corrected chi connectivity index (χ4v) is 4.98. The molecular formula is C31H38N2O6. The monoisotopic (exact) mass is 534 g/mol. The number of rotatable bonds is 12. The molecule has 0 radical (unpaired) electrons. The number of likely N-dealkylation sites (tertiary alicyclic amines) is 1. The maximum absolute atomic E-state index is 13.4. The number of aliphatic hydroxyl groups excluding tert-OH is 1. The Labute approximate surface area is 230 Å². The predicted molar refractivity (Wildman–Crippen MR) is 150 cm³/mol. The Morgan fingerprint density at radius 2 is 1.85 bits per heavy atom. The van der Waals surface area contributed by atoms with Crippen LogP contribution in [0.3, 0.4) is 0 Å². The topological polar surface area (TPSA) is 88.5 Å². The zero-order valence-corrected chi connectivity index (χ0v) is 22.9. The first-order valence-electron chi connectivity index (χ1n) is 13.6. The van der Waals surface area contributed by atoms with Gasteiger partial charge in [-0.2, -0.15) is 0 Å². The molecule has 2 aromatic carbocycles. The Morgan fingerprint density at radius 1 is 1.10 bits per heavy atom. The van der Waals surface area contributed by atoms with Gasteiger partial charge in [0.2, 0.25) is 0 Å². The molecule has 2 heterocycles. The normalized spacial score (nSPS) is 19.3. The van der Waals surface area contributed by atoms with Crippen LogP contribution in [0.5, 0.6) is 11.5 Å². The zero-order chi connectivity index (χ0) is 27.8. The van der Waals surface area contributed by atoms with Gasteiger partial charge in [0.1, 0.15) is 23.9 Å². The van der Waals surface area contributed by atoms with Gasteiger partial charge in [-0.1, -0.05) is 31.7 Å². The zero-order valence-electron chi connectivity index (χ0n) is 22.9. The van der Waals surface area contributed by atoms with Crippen molar-refractivity contribution in [3.05, 3.63) is 77.4 Å². The van der Waals surface area contributed by atoms with Crippen LogP contribution in [0, 0.1) is 6.92 Å². The van der Waals surface area contributed by atoms with Gasteiger partial charge in [0.05, 0.1) is 31.4 Å². The summed E-state index contributed by atoms with van der Waals surface area (Å²) in [5.74, 6) is -0.0964. The number of carbonyl (C=O) groups excluding carboxylic acids is 2. The highest BCUT2D eigenvalue weighted by Crippen LogP contribution is 2.40. The number of aliphatic hydroxyl groups is 1. The lowest BCUT2D eigenvalue weighted by Crippen LogP contribution is -2.38. The predicted octanol–water partition coefficient (Wildman–Crippen LogP) is 4.49. The van der Waals surface area contributed by atoms with Gasteiger partial charge in [-0.25, -0.2) is 0 Å². The summed E-state index contributed by atoms with van der Waals surface area (Å²) < 4.78 is 16.8. The maximum Gasteiger partial charge on any atom is 0.295 e. The molecule has 0 saturated carbocycles. The Balaban J connectivity index is 1.66. The maximum atomic E-state index is 13.4. The minimum absolute atomic E-state index is 0.0905. The van der Waals surface area contributed by atoms with Gasteiger partial charge in [0.25, 0.3) is 11.7 Å². The van der Waals surface area contributed by atoms with Crippen LogP contribution in [0.2, 0.25) is 0 Å². The minimum atomic E-state index is -0.702. The summed E-state index contributed by atoms with van der Waals surface area (Å²) in [6.45, 7) is 12.8. The number of carbonyl (C=O) groups is 2. The van der Waals surface area contributed by atoms with Crippen LogP contribution < -0.4 is 9.47 Å². The highest BCUT2D eigenvalue weighted by molar-refractivity contribution is 6.46. The number of Topliss-reactive ketones (excluding diaryl/α,β-unsaturated/α-hetero) is 1. The summed E-state index contributed by atoms with van der Waals surface area (Å²) in [7, 11) is 0. The van der Waals surface area contributed by atoms with Crippen LogP contribution >= 0.6 is 0 Å². The summed E-state index contributed by atoms with van der Waals surface area (Å²) in [6, 6.07) is 11.9. The SMILES string of the molecule is C=CCOc1ccc(/C(O)=C2\C(=O)C(=O)N(CCCN3CCOCC3)C2c2ccc(OCCC)cc2)cc1C. The van der Waals surface area contributed by atoms with E-state index in [1.54, 1.807) is 29.2 Å². The second-order valence-corrected chi connectivity index (χ2v) is 9.80. The number of ketones is 1. The third-order valence-electron chi connectivity index (χ3n) is 6.99. The molecule has 2 aliphatic rings. The van der Waals surface area contributed by atoms with E-state index >= 15 is 0 Å². The number of ether oxygens (including phenoxy) is 3. The highest BCUT2D eigenvalue weighted by Gasteiger charge is 2.45. The van der Waals surface area contributed by atoms with Crippen LogP contribution in [0.1, 0.15) is 42.5 Å². The molecule has 1 N–H and O–H groups in total. The molecule has 39 heavy (non-hydrogen) atoms. The van der Waals surface area contributed by atoms with Crippen LogP contribution in [0.4, 0.5) is 0 Å². The average Bonchev–Trinajstić information content (AvgIpc) is 3.21. The fraction of sp³-hybridized carbons (Fsp3) is 0.419. The number of morpholine rings is 1. The number of nitrogens with zero attached hydrogens (tertiary/aromatic N) is 2. The lowest BCUT2D eigenvalue weighted by atomic mass is 9.94. The van der Waals surface area contributed by atoms with E-state index in [2.05, 4.69) is 11.5 Å². The third-order valence-corrected chi connectivity index (χ3v) is 6.99. The Morgan fingerprint density at radius 3 is 2.51 bits per heavy atom. The molecule has 0 spiro atoms. The van der Waals surface area contributed by atoms with E-state index in [0.29, 0.717) is 50.7 Å². The third kappa shape index (κ3) is 6.69. The molecule has 0 aliphatic carbocycles. The van der Waals surface area contributed by atoms with Gasteiger partial charge >= 0.3 is 0 Å². The average molecular weight is 535 g/mol. The molecule has 2 saturated heterocycles. The molecule has 2 fully saturated rings. The number of amides is 1. The number of benzene rings is 2. The van der Waals surface area contributed by atoms with Crippen molar-refractivity contribution in [2.24, 2.45) is 0 Å². The second-order valence-electron chi connectivity index (χ2n) is 9.80. The fourth-order valence-electron chi connectivity index (χ4n) is 4.98. The van der Waals surface area contributed by atoms with E-state index < -0.39 is 17.7 Å². The first kappa shape index (κ1) is 28.4. The van der Waals surface area contributed by atoms with Gasteiger partial charge in [0, 0.05) is 31.7 Å². The summed E-state index contributed by atoms with van der Waals surface area (Å²) in [5.41, 5.74) is 2.09. The molecule has 1 unspecified atom stereocenters. The summed E-state index contributed by atoms with van der Waals surface area (Å²) in [5, 5.41) is 11.4. The van der Waals surface area contributed by atoms with Crippen molar-refractivity contribution in [3.8, 4) is 11.5 Å². The van der Waals surface area contributed by atoms with Crippen LogP contribution in [-0.4, -0.2) is 79.2 Å². The number of hydrogen-bond donors (Lipinski definition) is 1. The summed E-state index contributed by atoms with van der Waals surface area (Å²) in [4.78, 5) is 30.6. The van der Waals surface area contributed by atoms with Gasteiger partial charge in [-0.15, -0.1) is 0 Å². The first-order valence-corrected chi connectivity index (χ1v) is 13.6. The molecule has 1 atom stereocenters. The van der Waals surface area contributed by atoms with Gasteiger partial charge < -0.3 is 24.2 Å². The Hall–Kier alpha value is -3.62. The van der Waals surface area contributed by atoms with Crippen molar-refractivity contribution in [2.45, 2.75) is 32.7 Å². The Kier molecular flexibility index (Phi) is 9.79. The van der Waals surface area contributed by atoms with E-state index in [1.165, 1.54) is 0 Å². The highest BCUT2D eigenvalue weighted by atomic mass is 16.5. The molecule has 1 amide bonds. The molecule has 2 aromatic rings. The molecule has 8 heteroatoms. The molecule has 208 valence electrons. The Bertz CT molecular complexity index is 1200. The van der Waals surface area contributed by atoms with Crippen molar-refractivity contribution in [2.75, 3.05) is 52.6 Å². The van der Waals surface area contributed by atoms with E-state index in [0.717, 1.165) is 42.9 Å². The lowest BCUT2D eigenvalue weighted by molar-refractivity contribution is -0.140. The van der Waals surface area contributed by atoms with E-state index in [4.69, 9.17) is 14.2 Å². The first-order chi connectivity index (χ1) is 18.9. The van der Waals surface area contributed by atoms with E-state index in [-0.39, 0.29) is 11.3 Å². The largest absolute Gasteiger partial charge is 0.507 e. The quantitative estimate of drug-likeness (QED) is 0.186. The van der Waals surface area contributed by atoms with Gasteiger partial charge in [-0.05, 0) is 61.2 Å². The molecule has 4 rings (SSSR count). The molecule has 8 nitrogen and oxygen atoms in total. The van der Waals surface area contributed by atoms with Crippen LogP contribution in [0.25, 0.3) is 5.76 Å². The minimum Gasteiger partial charge on any atom is -0.507 e.